The molecule has 1 aliphatic heterocycles. The first-order valence-electron chi connectivity index (χ1n) is 8.82. The average molecular weight is 354 g/mol. The molecule has 2 atom stereocenters. The van der Waals surface area contributed by atoms with Gasteiger partial charge in [0.25, 0.3) is 0 Å². The fraction of sp³-hybridized carbons (Fsp3) is 0.684. The number of aryl methyl sites for hydroxylation is 1. The number of methoxy groups -OCH3 is 2. The molecule has 1 aliphatic rings. The van der Waals surface area contributed by atoms with Gasteiger partial charge in [0.15, 0.2) is 0 Å². The van der Waals surface area contributed by atoms with Gasteiger partial charge in [-0.25, -0.2) is 0 Å². The molecule has 1 aromatic carbocycles. The highest BCUT2D eigenvalue weighted by atomic mass is 16.7. The molecule has 0 aromatic heterocycles. The molecule has 0 unspecified atom stereocenters. The maximum absolute atomic E-state index is 5.69. The number of rotatable bonds is 15. The number of benzene rings is 1. The number of epoxide rings is 1. The summed E-state index contributed by atoms with van der Waals surface area (Å²) < 4.78 is 32.1. The Hall–Kier alpha value is -1.18. The van der Waals surface area contributed by atoms with Crippen LogP contribution in [0.2, 0.25) is 0 Å². The Kier molecular flexibility index (Phi) is 9.84. The molecular weight excluding hydrogens is 324 g/mol. The van der Waals surface area contributed by atoms with Crippen molar-refractivity contribution in [1.82, 2.24) is 0 Å². The molecular formula is C19H30O6. The quantitative estimate of drug-likeness (QED) is 0.274. The van der Waals surface area contributed by atoms with Gasteiger partial charge in [-0.3, -0.25) is 0 Å². The van der Waals surface area contributed by atoms with E-state index < -0.39 is 0 Å². The Morgan fingerprint density at radius 1 is 1.12 bits per heavy atom. The van der Waals surface area contributed by atoms with E-state index in [9.17, 15) is 0 Å². The summed E-state index contributed by atoms with van der Waals surface area (Å²) in [6, 6.07) is 8.18. The van der Waals surface area contributed by atoms with Crippen LogP contribution in [0.4, 0.5) is 0 Å². The van der Waals surface area contributed by atoms with Gasteiger partial charge < -0.3 is 28.4 Å². The summed E-state index contributed by atoms with van der Waals surface area (Å²) in [7, 11) is 3.31. The van der Waals surface area contributed by atoms with Crippen LogP contribution in [0.25, 0.3) is 0 Å². The van der Waals surface area contributed by atoms with Crippen molar-refractivity contribution in [3.8, 4) is 5.75 Å². The van der Waals surface area contributed by atoms with Crippen LogP contribution in [0.5, 0.6) is 5.75 Å². The zero-order valence-electron chi connectivity index (χ0n) is 15.3. The maximum Gasteiger partial charge on any atom is 0.146 e. The molecule has 0 radical (unpaired) electrons. The molecule has 1 aromatic rings. The Labute approximate surface area is 150 Å². The van der Waals surface area contributed by atoms with Crippen LogP contribution in [0, 0.1) is 0 Å². The summed E-state index contributed by atoms with van der Waals surface area (Å²) in [6.07, 6.45) is 3.29. The average Bonchev–Trinajstić information content (AvgIpc) is 3.46. The van der Waals surface area contributed by atoms with Gasteiger partial charge in [-0.1, -0.05) is 12.1 Å². The van der Waals surface area contributed by atoms with Crippen LogP contribution < -0.4 is 4.74 Å². The third-order valence-electron chi connectivity index (χ3n) is 3.95. The van der Waals surface area contributed by atoms with E-state index in [1.54, 1.807) is 14.2 Å². The lowest BCUT2D eigenvalue weighted by molar-refractivity contribution is -0.103. The van der Waals surface area contributed by atoms with Crippen molar-refractivity contribution in [2.75, 3.05) is 54.0 Å². The molecule has 25 heavy (non-hydrogen) atoms. The fourth-order valence-electron chi connectivity index (χ4n) is 2.42. The first kappa shape index (κ1) is 20.1. The van der Waals surface area contributed by atoms with Gasteiger partial charge in [0.2, 0.25) is 0 Å². The van der Waals surface area contributed by atoms with Crippen molar-refractivity contribution in [2.45, 2.75) is 31.5 Å². The van der Waals surface area contributed by atoms with Crippen LogP contribution in [0.3, 0.4) is 0 Å². The molecule has 1 fully saturated rings. The predicted molar refractivity (Wildman–Crippen MR) is 94.1 cm³/mol. The topological polar surface area (TPSA) is 58.7 Å². The van der Waals surface area contributed by atoms with E-state index >= 15 is 0 Å². The lowest BCUT2D eigenvalue weighted by atomic mass is 10.1. The van der Waals surface area contributed by atoms with Gasteiger partial charge in [0.1, 0.15) is 18.6 Å². The Balaban J connectivity index is 1.58. The largest absolute Gasteiger partial charge is 0.497 e. The van der Waals surface area contributed by atoms with Crippen LogP contribution in [0.15, 0.2) is 24.3 Å². The molecule has 0 saturated carbocycles. The Morgan fingerprint density at radius 2 is 1.88 bits per heavy atom. The molecule has 6 nitrogen and oxygen atoms in total. The highest BCUT2D eigenvalue weighted by molar-refractivity contribution is 5.27. The van der Waals surface area contributed by atoms with Gasteiger partial charge in [-0.15, -0.1) is 0 Å². The van der Waals surface area contributed by atoms with Crippen LogP contribution in [-0.2, 0) is 30.1 Å². The number of ether oxygens (including phenoxy) is 6. The summed E-state index contributed by atoms with van der Waals surface area (Å²) in [5.74, 6) is 0.883. The highest BCUT2D eigenvalue weighted by Gasteiger charge is 2.22. The highest BCUT2D eigenvalue weighted by Crippen LogP contribution is 2.14. The van der Waals surface area contributed by atoms with E-state index in [-0.39, 0.29) is 12.9 Å². The second kappa shape index (κ2) is 12.2. The smallest absolute Gasteiger partial charge is 0.146 e. The molecule has 0 amide bonds. The number of hydrogen-bond donors (Lipinski definition) is 0. The van der Waals surface area contributed by atoms with Crippen molar-refractivity contribution in [1.29, 1.82) is 0 Å². The molecule has 0 bridgehead atoms. The van der Waals surface area contributed by atoms with Gasteiger partial charge >= 0.3 is 0 Å². The Bertz CT molecular complexity index is 446. The first-order valence-corrected chi connectivity index (χ1v) is 8.82. The van der Waals surface area contributed by atoms with E-state index in [1.807, 2.05) is 12.1 Å². The van der Waals surface area contributed by atoms with Crippen molar-refractivity contribution in [2.24, 2.45) is 0 Å². The molecule has 142 valence electrons. The van der Waals surface area contributed by atoms with Gasteiger partial charge in [0.05, 0.1) is 46.2 Å². The molecule has 2 rings (SSSR count). The SMILES string of the molecule is COCO[C@@H](CCCc1ccc(OC)cc1)COCCOC[C@@H]1CO1. The third kappa shape index (κ3) is 9.18. The minimum Gasteiger partial charge on any atom is -0.497 e. The van der Waals surface area contributed by atoms with Gasteiger partial charge in [0, 0.05) is 7.11 Å². The van der Waals surface area contributed by atoms with Crippen LogP contribution in [0.1, 0.15) is 18.4 Å². The minimum atomic E-state index is 0.0324. The normalized spacial score (nSPS) is 17.4. The second-order valence-electron chi connectivity index (χ2n) is 6.04. The summed E-state index contributed by atoms with van der Waals surface area (Å²) >= 11 is 0. The van der Waals surface area contributed by atoms with E-state index in [2.05, 4.69) is 12.1 Å². The standard InChI is InChI=1S/C19H30O6/c1-20-15-25-18(12-22-10-11-23-13-19-14-24-19)5-3-4-16-6-8-17(21-2)9-7-16/h6-9,18-19H,3-5,10-15H2,1-2H3/t18-,19+/m0/s1. The minimum absolute atomic E-state index is 0.0324. The second-order valence-corrected chi connectivity index (χ2v) is 6.04. The molecule has 1 heterocycles. The molecule has 0 aliphatic carbocycles. The zero-order chi connectivity index (χ0) is 17.7. The Morgan fingerprint density at radius 3 is 2.56 bits per heavy atom. The monoisotopic (exact) mass is 354 g/mol. The maximum atomic E-state index is 5.69. The fourth-order valence-corrected chi connectivity index (χ4v) is 2.42. The summed E-state index contributed by atoms with van der Waals surface area (Å²) in [5, 5.41) is 0. The van der Waals surface area contributed by atoms with E-state index in [0.717, 1.165) is 31.6 Å². The van der Waals surface area contributed by atoms with Crippen molar-refractivity contribution in [3.05, 3.63) is 29.8 Å². The van der Waals surface area contributed by atoms with Crippen LogP contribution in [-0.4, -0.2) is 66.3 Å². The predicted octanol–water partition coefficient (Wildman–Crippen LogP) is 2.44. The van der Waals surface area contributed by atoms with Crippen molar-refractivity contribution < 1.29 is 28.4 Å². The van der Waals surface area contributed by atoms with E-state index in [1.165, 1.54) is 5.56 Å². The molecule has 0 spiro atoms. The van der Waals surface area contributed by atoms with Crippen molar-refractivity contribution >= 4 is 0 Å². The summed E-state index contributed by atoms with van der Waals surface area (Å²) in [4.78, 5) is 0. The van der Waals surface area contributed by atoms with Crippen molar-refractivity contribution in [3.63, 3.8) is 0 Å². The lowest BCUT2D eigenvalue weighted by Crippen LogP contribution is -2.23. The number of hydrogen-bond acceptors (Lipinski definition) is 6. The van der Waals surface area contributed by atoms with Crippen LogP contribution >= 0.6 is 0 Å². The van der Waals surface area contributed by atoms with Gasteiger partial charge in [-0.05, 0) is 37.0 Å². The zero-order valence-corrected chi connectivity index (χ0v) is 15.3. The first-order chi connectivity index (χ1) is 12.3. The lowest BCUT2D eigenvalue weighted by Gasteiger charge is -2.17. The third-order valence-corrected chi connectivity index (χ3v) is 3.95. The molecule has 0 N–H and O–H groups in total. The molecule has 1 saturated heterocycles. The van der Waals surface area contributed by atoms with E-state index in [4.69, 9.17) is 28.4 Å². The van der Waals surface area contributed by atoms with E-state index in [0.29, 0.717) is 32.5 Å². The summed E-state index contributed by atoms with van der Waals surface area (Å²) in [5.41, 5.74) is 1.29. The summed E-state index contributed by atoms with van der Waals surface area (Å²) in [6.45, 7) is 3.47. The van der Waals surface area contributed by atoms with Gasteiger partial charge in [-0.2, -0.15) is 0 Å². The molecule has 6 heteroatoms.